The Morgan fingerprint density at radius 3 is 2.31 bits per heavy atom. The van der Waals surface area contributed by atoms with Crippen molar-refractivity contribution in [3.8, 4) is 0 Å². The molecule has 0 spiro atoms. The monoisotopic (exact) mass is 247 g/mol. The molecule has 5 nitrogen and oxygen atoms in total. The molecule has 6 heteroatoms. The van der Waals surface area contributed by atoms with Gasteiger partial charge in [0.25, 0.3) is 0 Å². The van der Waals surface area contributed by atoms with Crippen LogP contribution in [0.15, 0.2) is 12.2 Å². The molecule has 0 aromatic carbocycles. The van der Waals surface area contributed by atoms with E-state index in [1.807, 2.05) is 0 Å². The van der Waals surface area contributed by atoms with Crippen LogP contribution in [0.2, 0.25) is 0 Å². The molecule has 0 aliphatic rings. The predicted octanol–water partition coefficient (Wildman–Crippen LogP) is 0.246. The molecule has 0 aromatic heterocycles. The molecule has 16 heavy (non-hydrogen) atoms. The molecule has 0 saturated carbocycles. The number of hydrogen-bond donors (Lipinski definition) is 3. The maximum absolute atomic E-state index is 10.8. The topological polar surface area (TPSA) is 86.6 Å². The van der Waals surface area contributed by atoms with Gasteiger partial charge in [0.15, 0.2) is 0 Å². The van der Waals surface area contributed by atoms with Gasteiger partial charge in [-0.05, 0) is 6.92 Å². The van der Waals surface area contributed by atoms with Crippen molar-refractivity contribution in [3.63, 3.8) is 0 Å². The lowest BCUT2D eigenvalue weighted by Gasteiger charge is -2.17. The lowest BCUT2D eigenvalue weighted by Crippen LogP contribution is -2.42. The van der Waals surface area contributed by atoms with Crippen LogP contribution in [-0.2, 0) is 9.59 Å². The van der Waals surface area contributed by atoms with Crippen LogP contribution in [0.5, 0.6) is 0 Å². The molecule has 0 unspecified atom stereocenters. The molecule has 0 rings (SSSR count). The highest BCUT2D eigenvalue weighted by atomic mass is 32.2. The number of nitrogens with one attached hydrogen (secondary N) is 1. The summed E-state index contributed by atoms with van der Waals surface area (Å²) in [6.45, 7) is 6.64. The fraction of sp³-hybridized carbons (Fsp3) is 0.600. The van der Waals surface area contributed by atoms with E-state index in [2.05, 4.69) is 11.9 Å². The summed E-state index contributed by atoms with van der Waals surface area (Å²) >= 11 is 1.26. The first kappa shape index (κ1) is 15.0. The number of rotatable bonds is 7. The Balaban J connectivity index is 4.25. The summed E-state index contributed by atoms with van der Waals surface area (Å²) in [4.78, 5) is 21.5. The minimum atomic E-state index is -1.08. The van der Waals surface area contributed by atoms with Crippen LogP contribution in [0.3, 0.4) is 0 Å². The minimum absolute atomic E-state index is 0.0909. The molecule has 0 aliphatic heterocycles. The van der Waals surface area contributed by atoms with Gasteiger partial charge in [0.05, 0.1) is 6.61 Å². The predicted molar refractivity (Wildman–Crippen MR) is 63.4 cm³/mol. The van der Waals surface area contributed by atoms with Crippen molar-refractivity contribution >= 4 is 23.6 Å². The van der Waals surface area contributed by atoms with Crippen LogP contribution < -0.4 is 5.32 Å². The maximum atomic E-state index is 10.8. The first-order chi connectivity index (χ1) is 7.38. The first-order valence-electron chi connectivity index (χ1n) is 4.76. The van der Waals surface area contributed by atoms with Crippen LogP contribution in [0.1, 0.15) is 13.8 Å². The van der Waals surface area contributed by atoms with Crippen LogP contribution >= 0.6 is 11.8 Å². The Hall–Kier alpha value is -1.01. The highest BCUT2D eigenvalue weighted by Gasteiger charge is 2.20. The van der Waals surface area contributed by atoms with Gasteiger partial charge in [-0.1, -0.05) is 12.2 Å². The average molecular weight is 247 g/mol. The van der Waals surface area contributed by atoms with Crippen molar-refractivity contribution in [2.45, 2.75) is 25.1 Å². The molecule has 0 radical (unpaired) electrons. The van der Waals surface area contributed by atoms with Crippen molar-refractivity contribution in [1.29, 1.82) is 0 Å². The van der Waals surface area contributed by atoms with E-state index in [-0.39, 0.29) is 23.5 Å². The van der Waals surface area contributed by atoms with Crippen molar-refractivity contribution in [2.24, 2.45) is 0 Å². The van der Waals surface area contributed by atoms with E-state index in [1.165, 1.54) is 18.7 Å². The van der Waals surface area contributed by atoms with Crippen molar-refractivity contribution in [1.82, 2.24) is 5.32 Å². The van der Waals surface area contributed by atoms with E-state index in [4.69, 9.17) is 10.2 Å². The number of aliphatic hydroxyl groups excluding tert-OH is 1. The van der Waals surface area contributed by atoms with E-state index in [1.54, 1.807) is 6.92 Å². The summed E-state index contributed by atoms with van der Waals surface area (Å²) in [5.74, 6) is -1.27. The van der Waals surface area contributed by atoms with Gasteiger partial charge in [-0.2, -0.15) is 0 Å². The summed E-state index contributed by atoms with van der Waals surface area (Å²) in [6.07, 6.45) is 0. The number of aliphatic hydroxyl groups is 1. The summed E-state index contributed by atoms with van der Waals surface area (Å²) < 4.78 is 0. The summed E-state index contributed by atoms with van der Waals surface area (Å²) in [7, 11) is 0. The number of carboxylic acids is 1. The van der Waals surface area contributed by atoms with Crippen LogP contribution in [0.25, 0.3) is 0 Å². The second-order valence-corrected chi connectivity index (χ2v) is 4.68. The van der Waals surface area contributed by atoms with Crippen molar-refractivity contribution in [2.75, 3.05) is 12.4 Å². The number of carbonyl (C=O) groups excluding carboxylic acids is 1. The van der Waals surface area contributed by atoms with Crippen molar-refractivity contribution < 1.29 is 19.8 Å². The standard InChI is InChI=1S/C10H17NO4S/c1-6(2)9(4-12)16-5-8(10(14)15)11-7(3)13/h8-9,12H,1,4-5H2,2-3H3,(H,11,13)(H,14,15)/t8-,9-/m1/s1. The van der Waals surface area contributed by atoms with Gasteiger partial charge in [0.1, 0.15) is 6.04 Å². The quantitative estimate of drug-likeness (QED) is 0.561. The molecule has 3 N–H and O–H groups in total. The Labute approximate surface area is 98.9 Å². The Kier molecular flexibility index (Phi) is 6.83. The largest absolute Gasteiger partial charge is 0.480 e. The van der Waals surface area contributed by atoms with Crippen LogP contribution in [0.4, 0.5) is 0 Å². The zero-order valence-electron chi connectivity index (χ0n) is 9.40. The SMILES string of the molecule is C=C(C)[C@@H](CO)SC[C@@H](NC(C)=O)C(=O)O. The van der Waals surface area contributed by atoms with Gasteiger partial charge in [0, 0.05) is 17.9 Å². The zero-order valence-corrected chi connectivity index (χ0v) is 10.2. The molecule has 0 aliphatic carbocycles. The van der Waals surface area contributed by atoms with Crippen LogP contribution in [0, 0.1) is 0 Å². The summed E-state index contributed by atoms with van der Waals surface area (Å²) in [5.41, 5.74) is 0.777. The van der Waals surface area contributed by atoms with Gasteiger partial charge in [-0.3, -0.25) is 4.79 Å². The summed E-state index contributed by atoms with van der Waals surface area (Å²) in [5, 5.41) is 20.0. The lowest BCUT2D eigenvalue weighted by molar-refractivity contribution is -0.140. The molecule has 0 saturated heterocycles. The second-order valence-electron chi connectivity index (χ2n) is 3.44. The number of carboxylic acid groups (broad SMARTS) is 1. The summed E-state index contributed by atoms with van der Waals surface area (Å²) in [6, 6.07) is -0.934. The minimum Gasteiger partial charge on any atom is -0.480 e. The number of aliphatic carboxylic acids is 1. The normalized spacial score (nSPS) is 13.9. The molecule has 1 amide bonds. The Morgan fingerprint density at radius 1 is 1.44 bits per heavy atom. The van der Waals surface area contributed by atoms with Gasteiger partial charge in [-0.15, -0.1) is 11.8 Å². The lowest BCUT2D eigenvalue weighted by atomic mass is 10.2. The molecule has 0 heterocycles. The number of amides is 1. The fourth-order valence-electron chi connectivity index (χ4n) is 0.983. The molecule has 92 valence electrons. The maximum Gasteiger partial charge on any atom is 0.327 e. The van der Waals surface area contributed by atoms with Gasteiger partial charge >= 0.3 is 5.97 Å². The Bertz CT molecular complexity index is 280. The number of carbonyl (C=O) groups is 2. The van der Waals surface area contributed by atoms with E-state index in [0.717, 1.165) is 5.57 Å². The number of thioether (sulfide) groups is 1. The van der Waals surface area contributed by atoms with E-state index >= 15 is 0 Å². The molecule has 0 bridgehead atoms. The zero-order chi connectivity index (χ0) is 12.7. The molecule has 2 atom stereocenters. The fourth-order valence-corrected chi connectivity index (χ4v) is 2.02. The van der Waals surface area contributed by atoms with Gasteiger partial charge in [-0.25, -0.2) is 4.79 Å². The first-order valence-corrected chi connectivity index (χ1v) is 5.81. The highest BCUT2D eigenvalue weighted by molar-refractivity contribution is 8.00. The third-order valence-electron chi connectivity index (χ3n) is 1.86. The molecular weight excluding hydrogens is 230 g/mol. The molecular formula is C10H17NO4S. The highest BCUT2D eigenvalue weighted by Crippen LogP contribution is 2.18. The molecule has 0 fully saturated rings. The third-order valence-corrected chi connectivity index (χ3v) is 3.33. The van der Waals surface area contributed by atoms with E-state index < -0.39 is 12.0 Å². The van der Waals surface area contributed by atoms with Crippen LogP contribution in [-0.4, -0.2) is 45.7 Å². The Morgan fingerprint density at radius 2 is 2.00 bits per heavy atom. The van der Waals surface area contributed by atoms with Gasteiger partial charge < -0.3 is 15.5 Å². The molecule has 0 aromatic rings. The third kappa shape index (κ3) is 5.77. The smallest absolute Gasteiger partial charge is 0.327 e. The number of hydrogen-bond acceptors (Lipinski definition) is 4. The van der Waals surface area contributed by atoms with E-state index in [9.17, 15) is 9.59 Å². The van der Waals surface area contributed by atoms with Gasteiger partial charge in [0.2, 0.25) is 5.91 Å². The average Bonchev–Trinajstić information content (AvgIpc) is 2.15. The van der Waals surface area contributed by atoms with E-state index in [0.29, 0.717) is 0 Å². The second kappa shape index (κ2) is 7.29. The van der Waals surface area contributed by atoms with Crippen molar-refractivity contribution in [3.05, 3.63) is 12.2 Å².